The van der Waals surface area contributed by atoms with Gasteiger partial charge in [0.05, 0.1) is 19.2 Å². The average Bonchev–Trinajstić information content (AvgIpc) is 3.02. The molecule has 5 nitrogen and oxygen atoms in total. The molecule has 1 aromatic carbocycles. The highest BCUT2D eigenvalue weighted by Gasteiger charge is 2.08. The molecule has 24 heavy (non-hydrogen) atoms. The first-order valence-electron chi connectivity index (χ1n) is 8.03. The molecular weight excluding hydrogens is 300 g/mol. The smallest absolute Gasteiger partial charge is 0.230 e. The van der Waals surface area contributed by atoms with Crippen LogP contribution in [0.25, 0.3) is 0 Å². The number of aryl methyl sites for hydroxylation is 1. The third-order valence-corrected chi connectivity index (χ3v) is 3.74. The molecule has 0 aliphatic heterocycles. The summed E-state index contributed by atoms with van der Waals surface area (Å²) in [5.41, 5.74) is 3.21. The number of nitrogens with one attached hydrogen (secondary N) is 1. The Kier molecular flexibility index (Phi) is 5.01. The molecule has 0 saturated heterocycles. The number of pyridine rings is 1. The van der Waals surface area contributed by atoms with Crippen molar-refractivity contribution in [2.45, 2.75) is 26.3 Å². The predicted molar refractivity (Wildman–Crippen MR) is 93.7 cm³/mol. The maximum Gasteiger partial charge on any atom is 0.230 e. The van der Waals surface area contributed by atoms with Gasteiger partial charge in [0.15, 0.2) is 0 Å². The lowest BCUT2D eigenvalue weighted by Gasteiger charge is -2.05. The lowest BCUT2D eigenvalue weighted by molar-refractivity contribution is -0.115. The third-order valence-electron chi connectivity index (χ3n) is 3.74. The third kappa shape index (κ3) is 4.29. The van der Waals surface area contributed by atoms with E-state index >= 15 is 0 Å². The zero-order valence-electron chi connectivity index (χ0n) is 13.6. The van der Waals surface area contributed by atoms with Crippen LogP contribution in [0, 0.1) is 0 Å². The van der Waals surface area contributed by atoms with Crippen LogP contribution < -0.4 is 5.32 Å². The zero-order valence-corrected chi connectivity index (χ0v) is 13.6. The minimum atomic E-state index is -0.0879. The summed E-state index contributed by atoms with van der Waals surface area (Å²) in [7, 11) is 0. The average molecular weight is 320 g/mol. The maximum absolute atomic E-state index is 12.2. The molecule has 0 spiro atoms. The van der Waals surface area contributed by atoms with Crippen molar-refractivity contribution < 1.29 is 4.79 Å². The van der Waals surface area contributed by atoms with Crippen molar-refractivity contribution in [2.75, 3.05) is 5.32 Å². The normalized spacial score (nSPS) is 10.5. The molecule has 0 fully saturated rings. The zero-order chi connectivity index (χ0) is 16.8. The molecular formula is C19H20N4O. The Balaban J connectivity index is 1.58. The van der Waals surface area contributed by atoms with Crippen molar-refractivity contribution in [1.29, 1.82) is 0 Å². The number of rotatable bonds is 6. The summed E-state index contributed by atoms with van der Waals surface area (Å²) in [5, 5.41) is 7.16. The van der Waals surface area contributed by atoms with Gasteiger partial charge >= 0.3 is 0 Å². The number of carbonyl (C=O) groups excluding carboxylic acids is 1. The molecule has 122 valence electrons. The number of nitrogens with zero attached hydrogens (tertiary/aromatic N) is 3. The van der Waals surface area contributed by atoms with Gasteiger partial charge in [0.1, 0.15) is 5.82 Å². The van der Waals surface area contributed by atoms with E-state index in [0.29, 0.717) is 12.4 Å². The molecule has 0 unspecified atom stereocenters. The van der Waals surface area contributed by atoms with Crippen LogP contribution in [0.3, 0.4) is 0 Å². The quantitative estimate of drug-likeness (QED) is 0.759. The van der Waals surface area contributed by atoms with Crippen molar-refractivity contribution in [1.82, 2.24) is 14.8 Å². The SMILES string of the molecule is CCc1ccnc(NC(=O)Cc2cnn(Cc3ccccc3)c2)c1. The monoisotopic (exact) mass is 320 g/mol. The van der Waals surface area contributed by atoms with Gasteiger partial charge in [-0.1, -0.05) is 37.3 Å². The lowest BCUT2D eigenvalue weighted by Crippen LogP contribution is -2.15. The Labute approximate surface area is 141 Å². The van der Waals surface area contributed by atoms with Gasteiger partial charge < -0.3 is 5.32 Å². The van der Waals surface area contributed by atoms with Crippen molar-refractivity contribution in [3.63, 3.8) is 0 Å². The second-order valence-corrected chi connectivity index (χ2v) is 5.66. The molecule has 0 aliphatic rings. The first kappa shape index (κ1) is 15.9. The van der Waals surface area contributed by atoms with Crippen molar-refractivity contribution in [3.05, 3.63) is 77.7 Å². The number of anilines is 1. The largest absolute Gasteiger partial charge is 0.310 e. The molecule has 5 heteroatoms. The van der Waals surface area contributed by atoms with E-state index in [1.807, 2.05) is 41.2 Å². The Morgan fingerprint density at radius 2 is 1.96 bits per heavy atom. The fourth-order valence-corrected chi connectivity index (χ4v) is 2.49. The minimum Gasteiger partial charge on any atom is -0.310 e. The summed E-state index contributed by atoms with van der Waals surface area (Å²) in [6.45, 7) is 2.77. The fourth-order valence-electron chi connectivity index (χ4n) is 2.49. The number of benzene rings is 1. The predicted octanol–water partition coefficient (Wildman–Crippen LogP) is 3.07. The van der Waals surface area contributed by atoms with Crippen LogP contribution in [0.4, 0.5) is 5.82 Å². The Hall–Kier alpha value is -2.95. The number of amides is 1. The molecule has 3 aromatic rings. The van der Waals surface area contributed by atoms with Crippen LogP contribution in [0.15, 0.2) is 61.1 Å². The molecule has 1 amide bonds. The van der Waals surface area contributed by atoms with Gasteiger partial charge in [0.25, 0.3) is 0 Å². The van der Waals surface area contributed by atoms with Crippen LogP contribution >= 0.6 is 0 Å². The summed E-state index contributed by atoms with van der Waals surface area (Å²) in [5.74, 6) is 0.506. The first-order chi connectivity index (χ1) is 11.7. The van der Waals surface area contributed by atoms with E-state index in [1.165, 1.54) is 5.56 Å². The summed E-state index contributed by atoms with van der Waals surface area (Å²) < 4.78 is 1.84. The van der Waals surface area contributed by atoms with E-state index in [1.54, 1.807) is 12.4 Å². The van der Waals surface area contributed by atoms with Gasteiger partial charge in [-0.3, -0.25) is 9.48 Å². The number of hydrogen-bond acceptors (Lipinski definition) is 3. The molecule has 0 atom stereocenters. The van der Waals surface area contributed by atoms with Gasteiger partial charge in [0, 0.05) is 12.4 Å². The molecule has 0 radical (unpaired) electrons. The van der Waals surface area contributed by atoms with Crippen LogP contribution in [0.2, 0.25) is 0 Å². The van der Waals surface area contributed by atoms with Gasteiger partial charge in [-0.05, 0) is 35.2 Å². The van der Waals surface area contributed by atoms with Crippen molar-refractivity contribution in [2.24, 2.45) is 0 Å². The summed E-state index contributed by atoms with van der Waals surface area (Å²) in [6.07, 6.45) is 6.55. The summed E-state index contributed by atoms with van der Waals surface area (Å²) in [6, 6.07) is 14.0. The van der Waals surface area contributed by atoms with E-state index in [-0.39, 0.29) is 12.3 Å². The highest BCUT2D eigenvalue weighted by atomic mass is 16.1. The van der Waals surface area contributed by atoms with E-state index in [9.17, 15) is 4.79 Å². The second kappa shape index (κ2) is 7.55. The van der Waals surface area contributed by atoms with Crippen molar-refractivity contribution in [3.8, 4) is 0 Å². The Morgan fingerprint density at radius 1 is 1.12 bits per heavy atom. The molecule has 2 aromatic heterocycles. The molecule has 0 bridgehead atoms. The second-order valence-electron chi connectivity index (χ2n) is 5.66. The summed E-state index contributed by atoms with van der Waals surface area (Å²) in [4.78, 5) is 16.3. The van der Waals surface area contributed by atoms with Crippen LogP contribution in [0.1, 0.15) is 23.6 Å². The summed E-state index contributed by atoms with van der Waals surface area (Å²) >= 11 is 0. The van der Waals surface area contributed by atoms with E-state index in [0.717, 1.165) is 17.5 Å². The van der Waals surface area contributed by atoms with Crippen molar-refractivity contribution >= 4 is 11.7 Å². The first-order valence-corrected chi connectivity index (χ1v) is 8.03. The van der Waals surface area contributed by atoms with E-state index in [2.05, 4.69) is 34.5 Å². The van der Waals surface area contributed by atoms with E-state index < -0.39 is 0 Å². The number of carbonyl (C=O) groups is 1. The van der Waals surface area contributed by atoms with Gasteiger partial charge in [-0.15, -0.1) is 0 Å². The highest BCUT2D eigenvalue weighted by Crippen LogP contribution is 2.09. The molecule has 2 heterocycles. The molecule has 3 rings (SSSR count). The number of aromatic nitrogens is 3. The standard InChI is InChI=1S/C19H20N4O/c1-2-15-8-9-20-18(10-15)22-19(24)11-17-12-21-23(14-17)13-16-6-4-3-5-7-16/h3-10,12,14H,2,11,13H2,1H3,(H,20,22,24). The van der Waals surface area contributed by atoms with Crippen LogP contribution in [-0.2, 0) is 24.2 Å². The topological polar surface area (TPSA) is 59.8 Å². The van der Waals surface area contributed by atoms with Gasteiger partial charge in [-0.25, -0.2) is 4.98 Å². The van der Waals surface area contributed by atoms with Gasteiger partial charge in [-0.2, -0.15) is 5.10 Å². The molecule has 0 saturated carbocycles. The van der Waals surface area contributed by atoms with E-state index in [4.69, 9.17) is 0 Å². The molecule has 1 N–H and O–H groups in total. The minimum absolute atomic E-state index is 0.0879. The fraction of sp³-hybridized carbons (Fsp3) is 0.211. The molecule has 0 aliphatic carbocycles. The van der Waals surface area contributed by atoms with Crippen LogP contribution in [0.5, 0.6) is 0 Å². The van der Waals surface area contributed by atoms with Crippen LogP contribution in [-0.4, -0.2) is 20.7 Å². The Bertz CT molecular complexity index is 811. The number of hydrogen-bond donors (Lipinski definition) is 1. The lowest BCUT2D eigenvalue weighted by atomic mass is 10.2. The van der Waals surface area contributed by atoms with Gasteiger partial charge in [0.2, 0.25) is 5.91 Å². The highest BCUT2D eigenvalue weighted by molar-refractivity contribution is 5.91. The maximum atomic E-state index is 12.2. The Morgan fingerprint density at radius 3 is 2.75 bits per heavy atom.